The predicted molar refractivity (Wildman–Crippen MR) is 138 cm³/mol. The Morgan fingerprint density at radius 2 is 1.85 bits per heavy atom. The number of methoxy groups -OCH3 is 2. The molecule has 1 aliphatic carbocycles. The van der Waals surface area contributed by atoms with E-state index in [9.17, 15) is 9.90 Å². The Morgan fingerprint density at radius 3 is 2.50 bits per heavy atom. The number of allylic oxidation sites excluding steroid dienone is 3. The molecule has 7 heteroatoms. The first-order valence-corrected chi connectivity index (χ1v) is 11.5. The number of benzene rings is 2. The van der Waals surface area contributed by atoms with Gasteiger partial charge in [0, 0.05) is 30.1 Å². The van der Waals surface area contributed by atoms with E-state index in [0.29, 0.717) is 28.3 Å². The predicted octanol–water partition coefficient (Wildman–Crippen LogP) is 5.82. The van der Waals surface area contributed by atoms with Crippen LogP contribution in [0.3, 0.4) is 0 Å². The van der Waals surface area contributed by atoms with Gasteiger partial charge in [0.1, 0.15) is 23.0 Å². The van der Waals surface area contributed by atoms with Gasteiger partial charge in [0.05, 0.1) is 20.3 Å². The molecule has 180 valence electrons. The summed E-state index contributed by atoms with van der Waals surface area (Å²) in [5.74, 6) is 0.901. The van der Waals surface area contributed by atoms with Crippen LogP contribution >= 0.6 is 11.6 Å². The lowest BCUT2D eigenvalue weighted by Crippen LogP contribution is -2.31. The highest BCUT2D eigenvalue weighted by atomic mass is 35.5. The topological polar surface area (TPSA) is 80.2 Å². The second-order valence-corrected chi connectivity index (χ2v) is 7.16. The molecule has 0 fully saturated rings. The number of alkyl halides is 1. The summed E-state index contributed by atoms with van der Waals surface area (Å²) in [6, 6.07) is 13.7. The van der Waals surface area contributed by atoms with Crippen LogP contribution in [0.25, 0.3) is 0 Å². The number of nitrogens with one attached hydrogen (secondary N) is 1. The molecule has 0 spiro atoms. The molecular weight excluding hydrogens is 452 g/mol. The Morgan fingerprint density at radius 1 is 1.12 bits per heavy atom. The van der Waals surface area contributed by atoms with Crippen LogP contribution in [-0.2, 0) is 0 Å². The van der Waals surface area contributed by atoms with Crippen LogP contribution in [0.15, 0.2) is 88.7 Å². The molecular formula is C27H31ClN2O4. The van der Waals surface area contributed by atoms with Crippen molar-refractivity contribution in [3.8, 4) is 11.5 Å². The van der Waals surface area contributed by atoms with E-state index in [2.05, 4.69) is 21.9 Å². The van der Waals surface area contributed by atoms with E-state index < -0.39 is 6.04 Å². The maximum atomic E-state index is 13.2. The number of aliphatic imine (C=N–C) groups is 1. The van der Waals surface area contributed by atoms with Gasteiger partial charge in [0.25, 0.3) is 5.91 Å². The number of rotatable bonds is 7. The minimum Gasteiger partial charge on any atom is -0.505 e. The van der Waals surface area contributed by atoms with E-state index in [1.807, 2.05) is 49.4 Å². The molecule has 1 unspecified atom stereocenters. The summed E-state index contributed by atoms with van der Waals surface area (Å²) in [4.78, 5) is 17.5. The lowest BCUT2D eigenvalue weighted by molar-refractivity contribution is 0.0941. The number of nitrogens with zero attached hydrogens (tertiary/aromatic N) is 1. The first kappa shape index (κ1) is 26.7. The molecule has 0 aromatic heterocycles. The smallest absolute Gasteiger partial charge is 0.252 e. The fourth-order valence-electron chi connectivity index (χ4n) is 3.67. The summed E-state index contributed by atoms with van der Waals surface area (Å²) in [5.41, 5.74) is 3.02. The molecule has 2 aromatic carbocycles. The van der Waals surface area contributed by atoms with Gasteiger partial charge in [-0.2, -0.15) is 0 Å². The van der Waals surface area contributed by atoms with Gasteiger partial charge in [-0.3, -0.25) is 9.79 Å². The van der Waals surface area contributed by atoms with Crippen molar-refractivity contribution in [3.05, 3.63) is 94.8 Å². The summed E-state index contributed by atoms with van der Waals surface area (Å²) in [6.45, 7) is 2.02. The van der Waals surface area contributed by atoms with Crippen LogP contribution in [-0.4, -0.2) is 44.4 Å². The van der Waals surface area contributed by atoms with Gasteiger partial charge < -0.3 is 19.9 Å². The molecule has 2 N–H and O–H groups in total. The zero-order chi connectivity index (χ0) is 25.1. The summed E-state index contributed by atoms with van der Waals surface area (Å²) in [6.07, 6.45) is 8.00. The van der Waals surface area contributed by atoms with E-state index in [1.165, 1.54) is 6.38 Å². The van der Waals surface area contributed by atoms with Gasteiger partial charge in [-0.1, -0.05) is 49.4 Å². The van der Waals surface area contributed by atoms with E-state index in [1.54, 1.807) is 45.5 Å². The third-order valence-corrected chi connectivity index (χ3v) is 5.23. The molecule has 1 amide bonds. The highest BCUT2D eigenvalue weighted by molar-refractivity contribution is 6.15. The molecule has 2 aromatic rings. The molecule has 6 nitrogen and oxygen atoms in total. The third kappa shape index (κ3) is 6.08. The number of halogens is 1. The van der Waals surface area contributed by atoms with Gasteiger partial charge in [0.15, 0.2) is 0 Å². The Kier molecular flexibility index (Phi) is 10.4. The van der Waals surface area contributed by atoms with Crippen LogP contribution in [0.1, 0.15) is 35.3 Å². The molecule has 0 saturated carbocycles. The van der Waals surface area contributed by atoms with Gasteiger partial charge in [-0.25, -0.2) is 0 Å². The number of para-hydroxylation sites is 1. The summed E-state index contributed by atoms with van der Waals surface area (Å²) in [7, 11) is 4.77. The van der Waals surface area contributed by atoms with E-state index >= 15 is 0 Å². The molecule has 1 atom stereocenters. The standard InChI is InChI=1S/C26H28N2O4.CH3Cl/c1-5-9-17-14-15-21(25(29)23(17)27-2)24(20-12-6-7-13-22(20)32-4)28-26(30)18-10-8-11-19(16-18)31-3;1-2/h6-16,24,29H,5H2,1-4H3,(H,28,30);1H3/b17-9-,27-23?;. The first-order chi connectivity index (χ1) is 16.5. The Labute approximate surface area is 206 Å². The van der Waals surface area contributed by atoms with E-state index in [0.717, 1.165) is 17.6 Å². The minimum atomic E-state index is -0.666. The quantitative estimate of drug-likeness (QED) is 0.487. The number of amides is 1. The van der Waals surface area contributed by atoms with Crippen molar-refractivity contribution in [2.24, 2.45) is 4.99 Å². The van der Waals surface area contributed by atoms with E-state index in [4.69, 9.17) is 9.47 Å². The molecule has 0 bridgehead atoms. The van der Waals surface area contributed by atoms with Gasteiger partial charge in [-0.15, -0.1) is 11.6 Å². The van der Waals surface area contributed by atoms with Crippen molar-refractivity contribution < 1.29 is 19.4 Å². The largest absolute Gasteiger partial charge is 0.505 e. The minimum absolute atomic E-state index is 0.0246. The fraction of sp³-hybridized carbons (Fsp3) is 0.259. The summed E-state index contributed by atoms with van der Waals surface area (Å²) < 4.78 is 10.8. The number of aliphatic hydroxyl groups is 1. The van der Waals surface area contributed by atoms with Crippen LogP contribution in [0.4, 0.5) is 0 Å². The van der Waals surface area contributed by atoms with Crippen molar-refractivity contribution in [2.75, 3.05) is 27.7 Å². The second-order valence-electron chi connectivity index (χ2n) is 7.16. The molecule has 3 rings (SSSR count). The third-order valence-electron chi connectivity index (χ3n) is 5.23. The van der Waals surface area contributed by atoms with Gasteiger partial charge in [0.2, 0.25) is 0 Å². The molecule has 0 radical (unpaired) electrons. The average molecular weight is 483 g/mol. The number of aliphatic hydroxyl groups excluding tert-OH is 1. The maximum absolute atomic E-state index is 13.2. The fourth-order valence-corrected chi connectivity index (χ4v) is 3.67. The molecule has 0 heterocycles. The average Bonchev–Trinajstić information content (AvgIpc) is 2.89. The van der Waals surface area contributed by atoms with E-state index in [-0.39, 0.29) is 11.7 Å². The lowest BCUT2D eigenvalue weighted by atomic mass is 9.89. The summed E-state index contributed by atoms with van der Waals surface area (Å²) >= 11 is 4.64. The van der Waals surface area contributed by atoms with Crippen LogP contribution in [0.5, 0.6) is 11.5 Å². The Bertz CT molecular complexity index is 1120. The molecule has 34 heavy (non-hydrogen) atoms. The normalized spacial score (nSPS) is 16.1. The summed E-state index contributed by atoms with van der Waals surface area (Å²) in [5, 5.41) is 14.2. The number of hydrogen-bond acceptors (Lipinski definition) is 5. The Balaban J connectivity index is 0.00000199. The number of hydrogen-bond donors (Lipinski definition) is 2. The maximum Gasteiger partial charge on any atom is 0.252 e. The van der Waals surface area contributed by atoms with Crippen molar-refractivity contribution in [1.29, 1.82) is 0 Å². The molecule has 1 aliphatic rings. The van der Waals surface area contributed by atoms with Crippen LogP contribution in [0, 0.1) is 0 Å². The van der Waals surface area contributed by atoms with Crippen molar-refractivity contribution >= 4 is 23.2 Å². The molecule has 0 aliphatic heterocycles. The number of ether oxygens (including phenoxy) is 2. The molecule has 0 saturated heterocycles. The number of carbonyl (C=O) groups is 1. The van der Waals surface area contributed by atoms with Gasteiger partial charge >= 0.3 is 0 Å². The highest BCUT2D eigenvalue weighted by Crippen LogP contribution is 2.35. The number of carbonyl (C=O) groups excluding carboxylic acids is 1. The monoisotopic (exact) mass is 482 g/mol. The van der Waals surface area contributed by atoms with Crippen molar-refractivity contribution in [1.82, 2.24) is 5.32 Å². The van der Waals surface area contributed by atoms with Crippen molar-refractivity contribution in [2.45, 2.75) is 19.4 Å². The van der Waals surface area contributed by atoms with Gasteiger partial charge in [-0.05, 0) is 36.3 Å². The Hall–Kier alpha value is -3.51. The highest BCUT2D eigenvalue weighted by Gasteiger charge is 2.28. The van der Waals surface area contributed by atoms with Crippen molar-refractivity contribution in [3.63, 3.8) is 0 Å². The second kappa shape index (κ2) is 13.3. The van der Waals surface area contributed by atoms with Crippen LogP contribution in [0.2, 0.25) is 0 Å². The first-order valence-electron chi connectivity index (χ1n) is 10.8. The van der Waals surface area contributed by atoms with Crippen LogP contribution < -0.4 is 14.8 Å². The zero-order valence-corrected chi connectivity index (χ0v) is 20.9. The zero-order valence-electron chi connectivity index (χ0n) is 20.1. The lowest BCUT2D eigenvalue weighted by Gasteiger charge is -2.26. The SMILES string of the molecule is CC/C=C1/C=CC(C(NC(=O)c2cccc(OC)c2)c2ccccc2OC)=C(O)C1=NC.CCl.